The van der Waals surface area contributed by atoms with Crippen LogP contribution in [0.1, 0.15) is 149 Å². The number of ether oxygens (including phenoxy) is 3. The van der Waals surface area contributed by atoms with Crippen LogP contribution in [0.15, 0.2) is 109 Å². The van der Waals surface area contributed by atoms with Crippen molar-refractivity contribution in [3.05, 3.63) is 109 Å². The number of aliphatic carboxylic acids is 1. The second-order valence-corrected chi connectivity index (χ2v) is 16.2. The van der Waals surface area contributed by atoms with Crippen LogP contribution in [0.25, 0.3) is 0 Å². The van der Waals surface area contributed by atoms with E-state index in [1.54, 1.807) is 0 Å². The lowest BCUT2D eigenvalue weighted by Crippen LogP contribution is -2.50. The SMILES string of the molecule is CCC/C=C/C=C/C=C/C=C/C=C/CCCCCCCC(=O)OC(COCCC(C(=O)O)[N+](C)(C)C)COC(=O)CCCCCCC/C=C/C=C/C=C/C=C/CCCCC. The molecule has 0 saturated heterocycles. The second-order valence-electron chi connectivity index (χ2n) is 16.2. The highest BCUT2D eigenvalue weighted by Gasteiger charge is 2.31. The van der Waals surface area contributed by atoms with Crippen molar-refractivity contribution < 1.29 is 38.2 Å². The van der Waals surface area contributed by atoms with Crippen LogP contribution in [-0.2, 0) is 28.6 Å². The largest absolute Gasteiger partial charge is 0.477 e. The Morgan fingerprint density at radius 2 is 0.917 bits per heavy atom. The molecule has 0 heterocycles. The number of likely N-dealkylation sites (N-methyl/N-ethyl adjacent to an activating group) is 1. The predicted molar refractivity (Wildman–Crippen MR) is 252 cm³/mol. The fraction of sp³-hybridized carbons (Fsp3) is 0.596. The average Bonchev–Trinajstić information content (AvgIpc) is 3.21. The van der Waals surface area contributed by atoms with E-state index in [-0.39, 0.29) is 42.7 Å². The van der Waals surface area contributed by atoms with E-state index in [9.17, 15) is 19.5 Å². The summed E-state index contributed by atoms with van der Waals surface area (Å²) in [6.45, 7) is 4.53. The maximum Gasteiger partial charge on any atom is 0.362 e. The normalized spacial score (nSPS) is 13.9. The standard InChI is InChI=1S/C52H83NO7/c1-6-8-10-12-14-16-18-20-22-24-26-28-30-32-34-36-38-40-42-50(54)59-47-48(46-58-45-44-49(52(56)57)53(3,4)5)60-51(55)43-41-39-37-35-33-31-29-27-25-23-21-19-17-15-13-11-9-7-2/h11,13-29,48-49H,6-10,12,30-47H2,1-5H3/p+1/b13-11+,16-14+,17-15+,20-18+,21-19+,24-22+,25-23+,28-26+,29-27+. The third-order valence-electron chi connectivity index (χ3n) is 9.60. The first-order chi connectivity index (χ1) is 29.1. The summed E-state index contributed by atoms with van der Waals surface area (Å²) in [5.41, 5.74) is 0. The van der Waals surface area contributed by atoms with Crippen molar-refractivity contribution in [3.8, 4) is 0 Å². The van der Waals surface area contributed by atoms with Crippen LogP contribution in [0.4, 0.5) is 0 Å². The number of allylic oxidation sites excluding steroid dienone is 18. The Bertz CT molecular complexity index is 1340. The number of carboxylic acid groups (broad SMARTS) is 1. The Kier molecular flexibility index (Phi) is 38.9. The lowest BCUT2D eigenvalue weighted by molar-refractivity contribution is -0.887. The fourth-order valence-electron chi connectivity index (χ4n) is 6.01. The van der Waals surface area contributed by atoms with Gasteiger partial charge in [0.15, 0.2) is 12.1 Å². The molecule has 0 aromatic rings. The molecular weight excluding hydrogens is 751 g/mol. The molecule has 2 unspecified atom stereocenters. The second kappa shape index (κ2) is 41.7. The summed E-state index contributed by atoms with van der Waals surface area (Å²) in [6, 6.07) is -0.631. The predicted octanol–water partition coefficient (Wildman–Crippen LogP) is 12.9. The monoisotopic (exact) mass is 835 g/mol. The highest BCUT2D eigenvalue weighted by molar-refractivity contribution is 5.72. The molecule has 2 atom stereocenters. The fourth-order valence-corrected chi connectivity index (χ4v) is 6.01. The molecule has 0 aliphatic carbocycles. The molecule has 0 aliphatic rings. The summed E-state index contributed by atoms with van der Waals surface area (Å²) in [4.78, 5) is 37.1. The molecule has 0 bridgehead atoms. The van der Waals surface area contributed by atoms with Gasteiger partial charge in [-0.15, -0.1) is 0 Å². The van der Waals surface area contributed by atoms with Gasteiger partial charge in [0, 0.05) is 19.3 Å². The maximum atomic E-state index is 12.7. The first kappa shape index (κ1) is 56.0. The van der Waals surface area contributed by atoms with Gasteiger partial charge in [0.2, 0.25) is 0 Å². The van der Waals surface area contributed by atoms with Crippen LogP contribution in [0.3, 0.4) is 0 Å². The Hall–Kier alpha value is -4.01. The van der Waals surface area contributed by atoms with Crippen molar-refractivity contribution in [2.45, 2.75) is 161 Å². The minimum Gasteiger partial charge on any atom is -0.477 e. The zero-order valence-electron chi connectivity index (χ0n) is 38.4. The lowest BCUT2D eigenvalue weighted by Gasteiger charge is -2.31. The number of carbonyl (C=O) groups excluding carboxylic acids is 2. The van der Waals surface area contributed by atoms with Crippen molar-refractivity contribution in [1.29, 1.82) is 0 Å². The molecule has 0 aromatic heterocycles. The number of carboxylic acids is 1. The number of carbonyl (C=O) groups is 3. The molecule has 0 aliphatic heterocycles. The minimum absolute atomic E-state index is 0.0345. The van der Waals surface area contributed by atoms with E-state index < -0.39 is 18.1 Å². The first-order valence-corrected chi connectivity index (χ1v) is 23.0. The lowest BCUT2D eigenvalue weighted by atomic mass is 10.1. The molecule has 0 saturated carbocycles. The van der Waals surface area contributed by atoms with Crippen LogP contribution >= 0.6 is 0 Å². The van der Waals surface area contributed by atoms with Gasteiger partial charge in [-0.2, -0.15) is 0 Å². The molecule has 8 heteroatoms. The molecule has 0 rings (SSSR count). The number of hydrogen-bond acceptors (Lipinski definition) is 6. The van der Waals surface area contributed by atoms with Gasteiger partial charge in [0.25, 0.3) is 0 Å². The number of hydrogen-bond donors (Lipinski definition) is 1. The summed E-state index contributed by atoms with van der Waals surface area (Å²) in [6.07, 6.45) is 56.9. The zero-order valence-corrected chi connectivity index (χ0v) is 38.4. The quantitative estimate of drug-likeness (QED) is 0.0285. The molecule has 8 nitrogen and oxygen atoms in total. The van der Waals surface area contributed by atoms with Crippen molar-refractivity contribution >= 4 is 17.9 Å². The number of quaternary nitrogens is 1. The summed E-state index contributed by atoms with van der Waals surface area (Å²) < 4.78 is 17.2. The van der Waals surface area contributed by atoms with E-state index in [1.807, 2.05) is 63.7 Å². The third kappa shape index (κ3) is 39.5. The Morgan fingerprint density at radius 3 is 1.37 bits per heavy atom. The van der Waals surface area contributed by atoms with Crippen LogP contribution in [0.2, 0.25) is 0 Å². The van der Waals surface area contributed by atoms with Gasteiger partial charge in [0.05, 0.1) is 34.4 Å². The number of nitrogens with zero attached hydrogens (tertiary/aromatic N) is 1. The highest BCUT2D eigenvalue weighted by Crippen LogP contribution is 2.13. The summed E-state index contributed by atoms with van der Waals surface area (Å²) in [7, 11) is 5.50. The van der Waals surface area contributed by atoms with Crippen molar-refractivity contribution in [2.75, 3.05) is 41.0 Å². The van der Waals surface area contributed by atoms with Gasteiger partial charge < -0.3 is 23.8 Å². The molecule has 0 fully saturated rings. The minimum atomic E-state index is -0.889. The van der Waals surface area contributed by atoms with Gasteiger partial charge in [-0.3, -0.25) is 9.59 Å². The number of rotatable bonds is 39. The van der Waals surface area contributed by atoms with Crippen LogP contribution in [-0.4, -0.2) is 80.6 Å². The molecule has 0 radical (unpaired) electrons. The van der Waals surface area contributed by atoms with E-state index in [0.29, 0.717) is 12.8 Å². The van der Waals surface area contributed by atoms with Gasteiger partial charge in [0.1, 0.15) is 6.61 Å². The van der Waals surface area contributed by atoms with Gasteiger partial charge in [-0.25, -0.2) is 4.79 Å². The molecule has 1 N–H and O–H groups in total. The smallest absolute Gasteiger partial charge is 0.362 e. The van der Waals surface area contributed by atoms with Gasteiger partial charge in [-0.05, 0) is 57.8 Å². The Balaban J connectivity index is 4.47. The summed E-state index contributed by atoms with van der Waals surface area (Å²) in [5, 5.41) is 9.63. The Morgan fingerprint density at radius 1 is 0.500 bits per heavy atom. The topological polar surface area (TPSA) is 99.1 Å². The van der Waals surface area contributed by atoms with Crippen LogP contribution in [0.5, 0.6) is 0 Å². The summed E-state index contributed by atoms with van der Waals surface area (Å²) in [5.74, 6) is -1.55. The van der Waals surface area contributed by atoms with Crippen LogP contribution in [0, 0.1) is 0 Å². The van der Waals surface area contributed by atoms with Crippen LogP contribution < -0.4 is 0 Å². The maximum absolute atomic E-state index is 12.7. The van der Waals surface area contributed by atoms with E-state index in [1.165, 1.54) is 25.7 Å². The third-order valence-corrected chi connectivity index (χ3v) is 9.60. The van der Waals surface area contributed by atoms with E-state index >= 15 is 0 Å². The zero-order chi connectivity index (χ0) is 44.2. The van der Waals surface area contributed by atoms with E-state index in [4.69, 9.17) is 14.2 Å². The van der Waals surface area contributed by atoms with Crippen molar-refractivity contribution in [2.24, 2.45) is 0 Å². The molecule has 60 heavy (non-hydrogen) atoms. The van der Waals surface area contributed by atoms with Gasteiger partial charge in [-0.1, -0.05) is 181 Å². The molecule has 0 aromatic carbocycles. The van der Waals surface area contributed by atoms with E-state index in [0.717, 1.165) is 89.9 Å². The Labute approximate surface area is 366 Å². The van der Waals surface area contributed by atoms with Crippen molar-refractivity contribution in [3.63, 3.8) is 0 Å². The van der Waals surface area contributed by atoms with Gasteiger partial charge >= 0.3 is 17.9 Å². The molecule has 338 valence electrons. The molecule has 0 spiro atoms. The average molecular weight is 835 g/mol. The number of unbranched alkanes of at least 4 members (excludes halogenated alkanes) is 14. The van der Waals surface area contributed by atoms with E-state index in [2.05, 4.69) is 80.7 Å². The highest BCUT2D eigenvalue weighted by atomic mass is 16.6. The first-order valence-electron chi connectivity index (χ1n) is 23.0. The summed E-state index contributed by atoms with van der Waals surface area (Å²) >= 11 is 0. The number of esters is 2. The van der Waals surface area contributed by atoms with Crippen molar-refractivity contribution in [1.82, 2.24) is 0 Å². The molecular formula is C52H84NO7+. The molecule has 0 amide bonds.